The zero-order valence-corrected chi connectivity index (χ0v) is 30.1. The first-order valence-electron chi connectivity index (χ1n) is 17.5. The van der Waals surface area contributed by atoms with Crippen molar-refractivity contribution in [2.24, 2.45) is 28.4 Å². The summed E-state index contributed by atoms with van der Waals surface area (Å²) in [5, 5.41) is 0. The van der Waals surface area contributed by atoms with Crippen LogP contribution in [-0.4, -0.2) is 78.7 Å². The van der Waals surface area contributed by atoms with E-state index >= 15 is 0 Å². The molecule has 7 rings (SSSR count). The lowest BCUT2D eigenvalue weighted by molar-refractivity contribution is -0.199. The highest BCUT2D eigenvalue weighted by molar-refractivity contribution is 6.45. The molecule has 1 amide bonds. The van der Waals surface area contributed by atoms with Crippen LogP contribution in [0.2, 0.25) is 6.32 Å². The molecule has 2 saturated heterocycles. The third-order valence-electron chi connectivity index (χ3n) is 11.1. The van der Waals surface area contributed by atoms with Crippen LogP contribution in [0.25, 0.3) is 0 Å². The van der Waals surface area contributed by atoms with Gasteiger partial charge >= 0.3 is 19.2 Å². The molecule has 4 saturated carbocycles. The molecule has 264 valence electrons. The molecule has 0 radical (unpaired) electrons. The summed E-state index contributed by atoms with van der Waals surface area (Å²) >= 11 is 0. The third-order valence-corrected chi connectivity index (χ3v) is 11.1. The highest BCUT2D eigenvalue weighted by Gasteiger charge is 2.67. The second kappa shape index (κ2) is 11.9. The monoisotopic (exact) mass is 668 g/mol. The summed E-state index contributed by atoms with van der Waals surface area (Å²) in [5.41, 5.74) is 4.08. The van der Waals surface area contributed by atoms with Gasteiger partial charge in [0.15, 0.2) is 5.75 Å². The van der Waals surface area contributed by atoms with E-state index in [9.17, 15) is 14.4 Å². The van der Waals surface area contributed by atoms with Gasteiger partial charge in [-0.3, -0.25) is 9.69 Å². The minimum absolute atomic E-state index is 0.0268. The number of hydrogen-bond donors (Lipinski definition) is 1. The van der Waals surface area contributed by atoms with E-state index in [1.807, 2.05) is 6.07 Å². The predicted octanol–water partition coefficient (Wildman–Crippen LogP) is 5.56. The van der Waals surface area contributed by atoms with Gasteiger partial charge in [0.25, 0.3) is 0 Å². The molecular weight excluding hydrogens is 615 g/mol. The van der Waals surface area contributed by atoms with Crippen LogP contribution in [0.3, 0.4) is 0 Å². The van der Waals surface area contributed by atoms with Crippen LogP contribution in [0.5, 0.6) is 11.5 Å². The van der Waals surface area contributed by atoms with Crippen LogP contribution < -0.4 is 15.2 Å². The van der Waals surface area contributed by atoms with Crippen molar-refractivity contribution < 1.29 is 42.6 Å². The molecule has 12 heteroatoms. The minimum Gasteiger partial charge on any atom is -0.487 e. The van der Waals surface area contributed by atoms with Gasteiger partial charge in [-0.25, -0.2) is 9.59 Å². The number of rotatable bonds is 10. The molecule has 2 bridgehead atoms. The predicted molar refractivity (Wildman–Crippen MR) is 179 cm³/mol. The zero-order chi connectivity index (χ0) is 35.0. The first-order chi connectivity index (χ1) is 22.2. The van der Waals surface area contributed by atoms with Gasteiger partial charge in [0.1, 0.15) is 28.6 Å². The third kappa shape index (κ3) is 6.81. The Hall–Kier alpha value is -2.83. The number of benzene rings is 1. The van der Waals surface area contributed by atoms with Gasteiger partial charge in [-0.05, 0) is 116 Å². The van der Waals surface area contributed by atoms with Crippen LogP contribution in [0.4, 0.5) is 4.79 Å². The van der Waals surface area contributed by atoms with Crippen molar-refractivity contribution >= 4 is 25.2 Å². The summed E-state index contributed by atoms with van der Waals surface area (Å²) in [6.45, 7) is 19.2. The number of likely N-dealkylation sites (tertiary alicyclic amines) is 1. The molecule has 6 aliphatic rings. The van der Waals surface area contributed by atoms with Gasteiger partial charge in [-0.15, -0.1) is 0 Å². The lowest BCUT2D eigenvalue weighted by atomic mass is 9.43. The van der Waals surface area contributed by atoms with Gasteiger partial charge in [0.05, 0.1) is 17.1 Å². The molecule has 0 unspecified atom stereocenters. The second-order valence-electron chi connectivity index (χ2n) is 17.5. The van der Waals surface area contributed by atoms with Gasteiger partial charge in [-0.2, -0.15) is 0 Å². The van der Waals surface area contributed by atoms with E-state index < -0.39 is 35.9 Å². The Kier molecular flexibility index (Phi) is 8.68. The number of hydrogen-bond acceptors (Lipinski definition) is 10. The molecule has 1 aromatic carbocycles. The van der Waals surface area contributed by atoms with Crippen LogP contribution in [0.15, 0.2) is 12.1 Å². The molecule has 11 nitrogen and oxygen atoms in total. The smallest absolute Gasteiger partial charge is 0.487 e. The van der Waals surface area contributed by atoms with Crippen molar-refractivity contribution in [3.05, 3.63) is 23.3 Å². The van der Waals surface area contributed by atoms with Crippen molar-refractivity contribution in [1.82, 2.24) is 4.90 Å². The molecule has 2 aliphatic heterocycles. The number of nitrogens with two attached hydrogens (primary N) is 1. The fourth-order valence-corrected chi connectivity index (χ4v) is 8.21. The normalized spacial score (nSPS) is 28.9. The quantitative estimate of drug-likeness (QED) is 0.192. The van der Waals surface area contributed by atoms with Crippen molar-refractivity contribution in [1.29, 1.82) is 0 Å². The first kappa shape index (κ1) is 35.0. The zero-order valence-electron chi connectivity index (χ0n) is 30.1. The lowest BCUT2D eigenvalue weighted by Gasteiger charge is -2.64. The average Bonchev–Trinajstić information content (AvgIpc) is 3.62. The SMILES string of the molecule is CC(C)(C)OC(=O)Oc1c(CCB2O[C@@H]3C[C@@H]4C[C@@H](C4(C)C)[C@]3(C)O2)ccc(OC2CN(CC3(C(N)=O)CC3)C2)c1C(=O)OC(C)(C)C. The van der Waals surface area contributed by atoms with E-state index in [2.05, 4.69) is 25.7 Å². The Balaban J connectivity index is 1.24. The van der Waals surface area contributed by atoms with Gasteiger partial charge < -0.3 is 34.0 Å². The van der Waals surface area contributed by atoms with Crippen molar-refractivity contribution in [3.8, 4) is 11.5 Å². The van der Waals surface area contributed by atoms with Gasteiger partial charge in [0, 0.05) is 19.6 Å². The van der Waals surface area contributed by atoms with E-state index in [4.69, 9.17) is 34.0 Å². The van der Waals surface area contributed by atoms with E-state index in [0.717, 1.165) is 25.7 Å². The fraction of sp³-hybridized carbons (Fsp3) is 0.750. The Bertz CT molecular complexity index is 1460. The average molecular weight is 669 g/mol. The molecule has 2 heterocycles. The van der Waals surface area contributed by atoms with Crippen LogP contribution in [-0.2, 0) is 30.0 Å². The molecule has 4 aliphatic carbocycles. The highest BCUT2D eigenvalue weighted by atomic mass is 16.7. The maximum atomic E-state index is 13.9. The van der Waals surface area contributed by atoms with Gasteiger partial charge in [0.2, 0.25) is 5.91 Å². The lowest BCUT2D eigenvalue weighted by Crippen LogP contribution is -2.65. The van der Waals surface area contributed by atoms with Crippen molar-refractivity contribution in [2.45, 2.75) is 130 Å². The topological polar surface area (TPSA) is 136 Å². The number of esters is 1. The summed E-state index contributed by atoms with van der Waals surface area (Å²) in [4.78, 5) is 41.0. The number of amides is 1. The summed E-state index contributed by atoms with van der Waals surface area (Å²) in [6, 6.07) is 3.55. The molecule has 0 spiro atoms. The minimum atomic E-state index is -0.935. The number of carbonyl (C=O) groups excluding carboxylic acids is 3. The Morgan fingerprint density at radius 1 is 1.00 bits per heavy atom. The maximum absolute atomic E-state index is 13.9. The summed E-state index contributed by atoms with van der Waals surface area (Å²) in [6.07, 6.45) is 3.53. The molecule has 1 aromatic rings. The van der Waals surface area contributed by atoms with Crippen LogP contribution in [0.1, 0.15) is 104 Å². The van der Waals surface area contributed by atoms with E-state index in [1.54, 1.807) is 47.6 Å². The summed E-state index contributed by atoms with van der Waals surface area (Å²) < 4.78 is 36.7. The number of aryl methyl sites for hydroxylation is 1. The van der Waals surface area contributed by atoms with Gasteiger partial charge in [-0.1, -0.05) is 19.9 Å². The number of ether oxygens (including phenoxy) is 4. The molecule has 4 atom stereocenters. The standard InChI is InChI=1S/C36H53BN2O9/c1-32(2,3)45-29(40)27-24(43-23-18-39(19-23)20-36(13-14-36)30(38)41)11-10-21(28(27)44-31(42)46-33(4,5)6)12-15-37-47-26-17-22-16-25(34(22,7)8)35(26,9)48-37/h10-11,22-23,25-26H,12-20H2,1-9H3,(H2,38,41)/t22-,25-,26+,35-/m0/s1. The Morgan fingerprint density at radius 3 is 2.25 bits per heavy atom. The second-order valence-corrected chi connectivity index (χ2v) is 17.5. The largest absolute Gasteiger partial charge is 0.514 e. The van der Waals surface area contributed by atoms with Crippen molar-refractivity contribution in [2.75, 3.05) is 19.6 Å². The molecule has 6 fully saturated rings. The first-order valence-corrected chi connectivity index (χ1v) is 17.5. The number of carbonyl (C=O) groups is 3. The highest BCUT2D eigenvalue weighted by Crippen LogP contribution is 2.65. The van der Waals surface area contributed by atoms with Crippen molar-refractivity contribution in [3.63, 3.8) is 0 Å². The van der Waals surface area contributed by atoms with Crippen LogP contribution in [0, 0.1) is 22.7 Å². The summed E-state index contributed by atoms with van der Waals surface area (Å²) in [5.74, 6) is 0.438. The Labute approximate surface area is 285 Å². The van der Waals surface area contributed by atoms with E-state index in [0.29, 0.717) is 49.8 Å². The Morgan fingerprint density at radius 2 is 1.67 bits per heavy atom. The fourth-order valence-electron chi connectivity index (χ4n) is 8.21. The van der Waals surface area contributed by atoms with E-state index in [1.165, 1.54) is 0 Å². The molecule has 2 N–H and O–H groups in total. The van der Waals surface area contributed by atoms with Crippen LogP contribution >= 0.6 is 0 Å². The van der Waals surface area contributed by atoms with E-state index in [-0.39, 0.29) is 46.2 Å². The molecular formula is C36H53BN2O9. The number of primary amides is 1. The summed E-state index contributed by atoms with van der Waals surface area (Å²) in [7, 11) is -0.429. The molecule has 48 heavy (non-hydrogen) atoms. The maximum Gasteiger partial charge on any atom is 0.514 e. The number of nitrogens with zero attached hydrogens (tertiary/aromatic N) is 1. The molecule has 0 aromatic heterocycles.